The molecule has 1 unspecified atom stereocenters. The monoisotopic (exact) mass is 835 g/mol. The Morgan fingerprint density at radius 2 is 2.04 bits per heavy atom. The van der Waals surface area contributed by atoms with Crippen LogP contribution >= 0.6 is 57.0 Å². The number of anilines is 1. The predicted molar refractivity (Wildman–Crippen MR) is 188 cm³/mol. The Kier molecular flexibility index (Phi) is 9.51. The van der Waals surface area contributed by atoms with Gasteiger partial charge in [0.1, 0.15) is 29.0 Å². The minimum absolute atomic E-state index is 0.00463. The fraction of sp³-hybridized carbons (Fsp3) is 0.167. The number of carboxylic acids is 2. The van der Waals surface area contributed by atoms with E-state index >= 15 is 0 Å². The number of thioether (sulfide) groups is 1. The van der Waals surface area contributed by atoms with Gasteiger partial charge >= 0.3 is 17.5 Å². The number of thiazole rings is 1. The maximum absolute atomic E-state index is 13.1. The van der Waals surface area contributed by atoms with Crippen LogP contribution in [0.3, 0.4) is 0 Å². The number of oxime groups is 1. The molecule has 1 aromatic carbocycles. The highest BCUT2D eigenvalue weighted by Crippen LogP contribution is 2.42. The SMILES string of the molecule is Nc1nc(C(O/N=C\C(=O)N[C@H]2C(=O)N3C(C(=O)O)=C(/C=C/C[n+]4cccc5ccsc54)CS[C@H]23)(C(=O)O)c2cc(O)c(O)c(I)c2)cs1. The number of benzene rings is 1. The number of phenolic OH excluding ortho intramolecular Hbond substituents is 2. The van der Waals surface area contributed by atoms with Crippen LogP contribution in [0, 0.1) is 3.57 Å². The van der Waals surface area contributed by atoms with Crippen LogP contribution in [0.2, 0.25) is 0 Å². The molecule has 1 fully saturated rings. The van der Waals surface area contributed by atoms with Crippen LogP contribution in [0.5, 0.6) is 11.5 Å². The van der Waals surface area contributed by atoms with Crippen molar-refractivity contribution in [1.82, 2.24) is 15.2 Å². The number of hydrogen-bond acceptors (Lipinski definition) is 13. The summed E-state index contributed by atoms with van der Waals surface area (Å²) < 4.78 is 2.12. The van der Waals surface area contributed by atoms with Crippen molar-refractivity contribution in [3.8, 4) is 11.5 Å². The number of halogens is 1. The van der Waals surface area contributed by atoms with Crippen molar-refractivity contribution < 1.29 is 49.0 Å². The molecule has 7 N–H and O–H groups in total. The molecule has 0 bridgehead atoms. The van der Waals surface area contributed by atoms with E-state index in [1.165, 1.54) is 23.2 Å². The fourth-order valence-electron chi connectivity index (χ4n) is 5.31. The van der Waals surface area contributed by atoms with Gasteiger partial charge in [0, 0.05) is 22.8 Å². The number of phenols is 2. The second kappa shape index (κ2) is 13.6. The van der Waals surface area contributed by atoms with E-state index in [9.17, 15) is 39.6 Å². The number of nitrogens with one attached hydrogen (secondary N) is 1. The number of aromatic hydroxyl groups is 2. The largest absolute Gasteiger partial charge is 0.504 e. The summed E-state index contributed by atoms with van der Waals surface area (Å²) in [6, 6.07) is 7.05. The second-order valence-corrected chi connectivity index (χ2v) is 14.6. The molecule has 3 aromatic heterocycles. The molecule has 19 heteroatoms. The lowest BCUT2D eigenvalue weighted by molar-refractivity contribution is -0.658. The van der Waals surface area contributed by atoms with Gasteiger partial charge in [-0.3, -0.25) is 14.5 Å². The number of pyridine rings is 1. The Labute approximate surface area is 302 Å². The number of allylic oxidation sites excluding steroid dienone is 2. The maximum Gasteiger partial charge on any atom is 0.362 e. The van der Waals surface area contributed by atoms with E-state index in [-0.39, 0.29) is 31.4 Å². The van der Waals surface area contributed by atoms with Gasteiger partial charge in [0.2, 0.25) is 0 Å². The highest BCUT2D eigenvalue weighted by molar-refractivity contribution is 14.1. The molecule has 0 spiro atoms. The molecular formula is C30H24IN6O9S3+. The molecule has 6 rings (SSSR count). The third-order valence-corrected chi connectivity index (χ3v) is 11.4. The van der Waals surface area contributed by atoms with Gasteiger partial charge in [-0.2, -0.15) is 4.57 Å². The van der Waals surface area contributed by atoms with E-state index in [0.29, 0.717) is 18.3 Å². The highest BCUT2D eigenvalue weighted by Gasteiger charge is 2.54. The molecule has 2 amide bonds. The Morgan fingerprint density at radius 1 is 1.24 bits per heavy atom. The molecule has 1 saturated heterocycles. The van der Waals surface area contributed by atoms with Crippen molar-refractivity contribution in [1.29, 1.82) is 0 Å². The summed E-state index contributed by atoms with van der Waals surface area (Å²) in [5.74, 6) is -5.34. The molecular weight excluding hydrogens is 811 g/mol. The Balaban J connectivity index is 1.17. The smallest absolute Gasteiger partial charge is 0.362 e. The first kappa shape index (κ1) is 34.1. The topological polar surface area (TPSA) is 229 Å². The number of carboxylic acid groups (broad SMARTS) is 2. The standard InChI is InChI=1S/C30H23IN6O9S3/c31-17-9-16(10-18(38)23(17)40)30(28(44)45,19-13-49-29(32)34-19)46-33-11-20(39)35-21-24(41)37-22(27(42)43)15(12-48-26(21)37)4-2-7-36-6-1-3-14-5-8-47-25(14)36/h1-6,8-11,13,21,26H,7,12H2,(H6-,32,33,34,35,38,39,40,42,43,44,45)/p+1/b4-2+/t21-,26+,30?/m0/s1. The van der Waals surface area contributed by atoms with Crippen LogP contribution in [0.1, 0.15) is 11.3 Å². The van der Waals surface area contributed by atoms with Crippen LogP contribution in [0.15, 0.2) is 75.9 Å². The normalized spacial score (nSPS) is 18.8. The van der Waals surface area contributed by atoms with E-state index in [2.05, 4.69) is 15.5 Å². The zero-order valence-electron chi connectivity index (χ0n) is 24.7. The molecule has 0 radical (unpaired) electrons. The van der Waals surface area contributed by atoms with Gasteiger partial charge in [0.25, 0.3) is 16.6 Å². The summed E-state index contributed by atoms with van der Waals surface area (Å²) in [5.41, 5.74) is 3.11. The van der Waals surface area contributed by atoms with Crippen molar-refractivity contribution in [2.45, 2.75) is 23.6 Å². The number of hydrogen-bond donors (Lipinski definition) is 6. The highest BCUT2D eigenvalue weighted by atomic mass is 127. The van der Waals surface area contributed by atoms with E-state index in [1.807, 2.05) is 40.4 Å². The summed E-state index contributed by atoms with van der Waals surface area (Å²) in [6.45, 7) is 0.489. The zero-order chi connectivity index (χ0) is 35.0. The van der Waals surface area contributed by atoms with Crippen molar-refractivity contribution >= 4 is 102 Å². The summed E-state index contributed by atoms with van der Waals surface area (Å²) >= 11 is 5.46. The molecule has 15 nitrogen and oxygen atoms in total. The molecule has 252 valence electrons. The summed E-state index contributed by atoms with van der Waals surface area (Å²) in [7, 11) is 0. The van der Waals surface area contributed by atoms with Gasteiger partial charge < -0.3 is 36.3 Å². The third kappa shape index (κ3) is 6.29. The van der Waals surface area contributed by atoms with Crippen LogP contribution < -0.4 is 15.6 Å². The Bertz CT molecular complexity index is 2090. The average molecular weight is 836 g/mol. The number of fused-ring (bicyclic) bond motifs is 2. The van der Waals surface area contributed by atoms with Crippen LogP contribution in [0.25, 0.3) is 10.2 Å². The molecule has 2 aliphatic heterocycles. The van der Waals surface area contributed by atoms with Gasteiger partial charge in [-0.15, -0.1) is 23.1 Å². The van der Waals surface area contributed by atoms with Gasteiger partial charge in [0.15, 0.2) is 29.4 Å². The number of carbonyl (C=O) groups is 4. The van der Waals surface area contributed by atoms with Crippen molar-refractivity contribution in [2.24, 2.45) is 5.16 Å². The van der Waals surface area contributed by atoms with Crippen LogP contribution in [0.4, 0.5) is 5.13 Å². The number of nitrogens with two attached hydrogens (primary N) is 1. The first-order valence-electron chi connectivity index (χ1n) is 14.0. The van der Waals surface area contributed by atoms with E-state index in [4.69, 9.17) is 10.6 Å². The number of rotatable bonds is 11. The summed E-state index contributed by atoms with van der Waals surface area (Å²) in [4.78, 5) is 62.6. The molecule has 5 heterocycles. The molecule has 0 saturated carbocycles. The van der Waals surface area contributed by atoms with E-state index in [0.717, 1.165) is 32.5 Å². The Morgan fingerprint density at radius 3 is 2.73 bits per heavy atom. The minimum Gasteiger partial charge on any atom is -0.504 e. The number of nitrogens with zero attached hydrogens (tertiary/aromatic N) is 4. The second-order valence-electron chi connectivity index (χ2n) is 10.5. The first-order chi connectivity index (χ1) is 23.4. The van der Waals surface area contributed by atoms with Crippen molar-refractivity contribution in [2.75, 3.05) is 11.5 Å². The van der Waals surface area contributed by atoms with E-state index < -0.39 is 52.3 Å². The van der Waals surface area contributed by atoms with Crippen LogP contribution in [-0.2, 0) is 36.2 Å². The lowest BCUT2D eigenvalue weighted by Gasteiger charge is -2.49. The van der Waals surface area contributed by atoms with Crippen LogP contribution in [-0.4, -0.2) is 77.4 Å². The maximum atomic E-state index is 13.1. The fourth-order valence-corrected chi connectivity index (χ4v) is 8.73. The van der Waals surface area contributed by atoms with E-state index in [1.54, 1.807) is 40.0 Å². The van der Waals surface area contributed by atoms with Crippen molar-refractivity contribution in [3.63, 3.8) is 0 Å². The molecule has 0 aliphatic carbocycles. The van der Waals surface area contributed by atoms with Crippen molar-refractivity contribution in [3.05, 3.63) is 85.5 Å². The number of nitrogen functional groups attached to an aromatic ring is 1. The Hall–Kier alpha value is -4.73. The average Bonchev–Trinajstić information content (AvgIpc) is 3.73. The zero-order valence-corrected chi connectivity index (χ0v) is 29.3. The number of aromatic nitrogens is 2. The number of thiophene rings is 1. The first-order valence-corrected chi connectivity index (χ1v) is 17.9. The quantitative estimate of drug-likeness (QED) is 0.0320. The van der Waals surface area contributed by atoms with Gasteiger partial charge in [-0.1, -0.05) is 22.6 Å². The predicted octanol–water partition coefficient (Wildman–Crippen LogP) is 2.57. The minimum atomic E-state index is -2.50. The summed E-state index contributed by atoms with van der Waals surface area (Å²) in [5, 5.41) is 50.3. The molecule has 3 atom stereocenters. The summed E-state index contributed by atoms with van der Waals surface area (Å²) in [6.07, 6.45) is 6.07. The molecule has 49 heavy (non-hydrogen) atoms. The number of carbonyl (C=O) groups excluding carboxylic acids is 2. The number of aliphatic carboxylic acids is 2. The van der Waals surface area contributed by atoms with Gasteiger partial charge in [-0.25, -0.2) is 14.6 Å². The number of β-lactam (4-membered cyclic amide) rings is 1. The molecule has 4 aromatic rings. The third-order valence-electron chi connectivity index (χ3n) is 7.59. The van der Waals surface area contributed by atoms with Gasteiger partial charge in [-0.05, 0) is 63.9 Å². The number of amides is 2. The van der Waals surface area contributed by atoms with Gasteiger partial charge in [0.05, 0.1) is 8.96 Å². The lowest BCUT2D eigenvalue weighted by atomic mass is 9.90. The molecule has 2 aliphatic rings. The lowest BCUT2D eigenvalue weighted by Crippen LogP contribution is -2.70.